The number of carbonyl (C=O) groups is 2. The van der Waals surface area contributed by atoms with Crippen LogP contribution in [0.25, 0.3) is 0 Å². The third-order valence-corrected chi connectivity index (χ3v) is 4.13. The standard InChI is InChI=1S/C19H21ClFN3O2/c1-19(2,14-4-3-5-15(20)11-14)12-22-18(26)24-23-17(25)10-13-6-8-16(21)9-7-13/h3-9,11H,10,12H2,1-2H3,(H,23,25)(H2,22,24,26). The van der Waals surface area contributed by atoms with Crippen LogP contribution in [0.5, 0.6) is 0 Å². The molecule has 3 N–H and O–H groups in total. The number of carbonyl (C=O) groups excluding carboxylic acids is 2. The van der Waals surface area contributed by atoms with Crippen molar-refractivity contribution in [2.75, 3.05) is 6.54 Å². The lowest BCUT2D eigenvalue weighted by Gasteiger charge is -2.26. The summed E-state index contributed by atoms with van der Waals surface area (Å²) < 4.78 is 12.8. The highest BCUT2D eigenvalue weighted by Gasteiger charge is 2.21. The molecule has 2 rings (SSSR count). The van der Waals surface area contributed by atoms with Crippen LogP contribution >= 0.6 is 11.6 Å². The van der Waals surface area contributed by atoms with Gasteiger partial charge in [-0.3, -0.25) is 10.2 Å². The van der Waals surface area contributed by atoms with Crippen molar-refractivity contribution in [3.63, 3.8) is 0 Å². The van der Waals surface area contributed by atoms with E-state index < -0.39 is 11.9 Å². The average Bonchev–Trinajstić information content (AvgIpc) is 2.60. The van der Waals surface area contributed by atoms with Crippen molar-refractivity contribution in [2.45, 2.75) is 25.7 Å². The Labute approximate surface area is 156 Å². The molecule has 3 amide bonds. The molecule has 0 atom stereocenters. The zero-order valence-corrected chi connectivity index (χ0v) is 15.4. The number of nitrogens with one attached hydrogen (secondary N) is 3. The molecule has 0 aliphatic rings. The summed E-state index contributed by atoms with van der Waals surface area (Å²) in [6.07, 6.45) is 0.0363. The number of amides is 3. The first kappa shape index (κ1) is 19.7. The highest BCUT2D eigenvalue weighted by Crippen LogP contribution is 2.24. The summed E-state index contributed by atoms with van der Waals surface area (Å²) in [4.78, 5) is 23.7. The average molecular weight is 378 g/mol. The van der Waals surface area contributed by atoms with Crippen LogP contribution in [-0.4, -0.2) is 18.5 Å². The first-order valence-corrected chi connectivity index (χ1v) is 8.47. The molecule has 0 saturated heterocycles. The fraction of sp³-hybridized carbons (Fsp3) is 0.263. The predicted octanol–water partition coefficient (Wildman–Crippen LogP) is 3.33. The Morgan fingerprint density at radius 3 is 2.42 bits per heavy atom. The SMILES string of the molecule is CC(C)(CNC(=O)NNC(=O)Cc1ccc(F)cc1)c1cccc(Cl)c1. The Morgan fingerprint density at radius 2 is 1.77 bits per heavy atom. The highest BCUT2D eigenvalue weighted by atomic mass is 35.5. The van der Waals surface area contributed by atoms with Gasteiger partial charge < -0.3 is 5.32 Å². The maximum atomic E-state index is 12.8. The number of urea groups is 1. The first-order valence-electron chi connectivity index (χ1n) is 8.09. The van der Waals surface area contributed by atoms with Gasteiger partial charge in [0.25, 0.3) is 0 Å². The fourth-order valence-electron chi connectivity index (χ4n) is 2.32. The number of halogens is 2. The summed E-state index contributed by atoms with van der Waals surface area (Å²) >= 11 is 6.01. The molecule has 0 saturated carbocycles. The van der Waals surface area contributed by atoms with Crippen LogP contribution in [0.1, 0.15) is 25.0 Å². The molecule has 7 heteroatoms. The van der Waals surface area contributed by atoms with Gasteiger partial charge in [-0.15, -0.1) is 0 Å². The predicted molar refractivity (Wildman–Crippen MR) is 99.3 cm³/mol. The molecule has 0 spiro atoms. The Kier molecular flexibility index (Phi) is 6.58. The molecular formula is C19H21ClFN3O2. The number of hydrogen-bond acceptors (Lipinski definition) is 2. The van der Waals surface area contributed by atoms with E-state index in [1.54, 1.807) is 6.07 Å². The molecule has 5 nitrogen and oxygen atoms in total. The number of hydrazine groups is 1. The molecule has 0 aliphatic carbocycles. The van der Waals surface area contributed by atoms with E-state index in [9.17, 15) is 14.0 Å². The second-order valence-electron chi connectivity index (χ2n) is 6.55. The van der Waals surface area contributed by atoms with Crippen molar-refractivity contribution >= 4 is 23.5 Å². The van der Waals surface area contributed by atoms with E-state index in [-0.39, 0.29) is 17.7 Å². The molecule has 0 aliphatic heterocycles. The largest absolute Gasteiger partial charge is 0.336 e. The summed E-state index contributed by atoms with van der Waals surface area (Å²) in [6.45, 7) is 4.31. The minimum atomic E-state index is -0.521. The van der Waals surface area contributed by atoms with Gasteiger partial charge in [-0.1, -0.05) is 49.7 Å². The topological polar surface area (TPSA) is 70.2 Å². The smallest absolute Gasteiger partial charge is 0.333 e. The van der Waals surface area contributed by atoms with Crippen LogP contribution in [0.15, 0.2) is 48.5 Å². The molecule has 0 fully saturated rings. The van der Waals surface area contributed by atoms with Gasteiger partial charge in [-0.05, 0) is 35.4 Å². The van der Waals surface area contributed by atoms with Gasteiger partial charge in [-0.2, -0.15) is 0 Å². The van der Waals surface area contributed by atoms with Crippen molar-refractivity contribution < 1.29 is 14.0 Å². The van der Waals surface area contributed by atoms with Crippen molar-refractivity contribution in [1.82, 2.24) is 16.2 Å². The Bertz CT molecular complexity index is 779. The normalized spacial score (nSPS) is 10.9. The quantitative estimate of drug-likeness (QED) is 0.699. The zero-order valence-electron chi connectivity index (χ0n) is 14.6. The maximum absolute atomic E-state index is 12.8. The van der Waals surface area contributed by atoms with Crippen molar-refractivity contribution in [2.24, 2.45) is 0 Å². The van der Waals surface area contributed by atoms with Crippen LogP contribution in [0.4, 0.5) is 9.18 Å². The number of hydrogen-bond donors (Lipinski definition) is 3. The molecule has 2 aromatic carbocycles. The molecule has 26 heavy (non-hydrogen) atoms. The lowest BCUT2D eigenvalue weighted by molar-refractivity contribution is -0.121. The first-order chi connectivity index (χ1) is 12.3. The van der Waals surface area contributed by atoms with Crippen LogP contribution in [0, 0.1) is 5.82 Å². The third-order valence-electron chi connectivity index (χ3n) is 3.89. The Hall–Kier alpha value is -2.60. The molecule has 138 valence electrons. The monoisotopic (exact) mass is 377 g/mol. The van der Waals surface area contributed by atoms with Crippen LogP contribution in [-0.2, 0) is 16.6 Å². The molecule has 0 heterocycles. The summed E-state index contributed by atoms with van der Waals surface area (Å²) in [6, 6.07) is 12.5. The highest BCUT2D eigenvalue weighted by molar-refractivity contribution is 6.30. The zero-order chi connectivity index (χ0) is 19.2. The minimum Gasteiger partial charge on any atom is -0.336 e. The molecule has 0 unspecified atom stereocenters. The van der Waals surface area contributed by atoms with Crippen molar-refractivity contribution in [1.29, 1.82) is 0 Å². The fourth-order valence-corrected chi connectivity index (χ4v) is 2.51. The van der Waals surface area contributed by atoms with Crippen LogP contribution in [0.2, 0.25) is 5.02 Å². The summed E-state index contributed by atoms with van der Waals surface area (Å²) in [5.41, 5.74) is 5.92. The second kappa shape index (κ2) is 8.67. The molecular weight excluding hydrogens is 357 g/mol. The van der Waals surface area contributed by atoms with Gasteiger partial charge in [0.05, 0.1) is 6.42 Å². The lowest BCUT2D eigenvalue weighted by atomic mass is 9.85. The van der Waals surface area contributed by atoms with Crippen LogP contribution < -0.4 is 16.2 Å². The van der Waals surface area contributed by atoms with E-state index in [4.69, 9.17) is 11.6 Å². The molecule has 2 aromatic rings. The van der Waals surface area contributed by atoms with Crippen molar-refractivity contribution in [3.8, 4) is 0 Å². The van der Waals surface area contributed by atoms with Crippen LogP contribution in [0.3, 0.4) is 0 Å². The van der Waals surface area contributed by atoms with Gasteiger partial charge in [0, 0.05) is 17.0 Å². The van der Waals surface area contributed by atoms with E-state index in [0.717, 1.165) is 5.56 Å². The summed E-state index contributed by atoms with van der Waals surface area (Å²) in [5.74, 6) is -0.769. The molecule has 0 aromatic heterocycles. The summed E-state index contributed by atoms with van der Waals surface area (Å²) in [7, 11) is 0. The summed E-state index contributed by atoms with van der Waals surface area (Å²) in [5, 5.41) is 3.34. The van der Waals surface area contributed by atoms with Gasteiger partial charge in [0.1, 0.15) is 5.82 Å². The Balaban J connectivity index is 1.77. The Morgan fingerprint density at radius 1 is 1.08 bits per heavy atom. The van der Waals surface area contributed by atoms with Crippen molar-refractivity contribution in [3.05, 3.63) is 70.5 Å². The van der Waals surface area contributed by atoms with Gasteiger partial charge in [-0.25, -0.2) is 14.6 Å². The molecule has 0 bridgehead atoms. The lowest BCUT2D eigenvalue weighted by Crippen LogP contribution is -2.49. The maximum Gasteiger partial charge on any atom is 0.333 e. The second-order valence-corrected chi connectivity index (χ2v) is 6.99. The number of benzene rings is 2. The van der Waals surface area contributed by atoms with E-state index in [0.29, 0.717) is 17.1 Å². The van der Waals surface area contributed by atoms with E-state index in [2.05, 4.69) is 16.2 Å². The van der Waals surface area contributed by atoms with Gasteiger partial charge >= 0.3 is 6.03 Å². The van der Waals surface area contributed by atoms with Gasteiger partial charge in [0.15, 0.2) is 0 Å². The number of rotatable bonds is 5. The van der Waals surface area contributed by atoms with E-state index >= 15 is 0 Å². The third kappa shape index (κ3) is 6.04. The van der Waals surface area contributed by atoms with E-state index in [1.165, 1.54) is 24.3 Å². The minimum absolute atomic E-state index is 0.0363. The van der Waals surface area contributed by atoms with Gasteiger partial charge in [0.2, 0.25) is 5.91 Å². The molecule has 0 radical (unpaired) electrons. The van der Waals surface area contributed by atoms with E-state index in [1.807, 2.05) is 32.0 Å².